The van der Waals surface area contributed by atoms with Crippen molar-refractivity contribution in [3.05, 3.63) is 35.5 Å². The first-order valence-corrected chi connectivity index (χ1v) is 9.60. The van der Waals surface area contributed by atoms with Crippen LogP contribution in [0.5, 0.6) is 11.5 Å². The van der Waals surface area contributed by atoms with Crippen molar-refractivity contribution in [2.45, 2.75) is 12.8 Å². The van der Waals surface area contributed by atoms with Crippen LogP contribution in [0, 0.1) is 17.2 Å². The predicted octanol–water partition coefficient (Wildman–Crippen LogP) is 1.35. The molecule has 1 amide bonds. The standard InChI is InChI=1S/C20H22N6O3/c21-10-14-12-24-20(25-18(14)22)26-6-4-13(5-7-26)11-23-19(27)15-2-1-3-16-17(15)29-9-8-28-16/h1-3,12-13H,4-9,11H2,(H,23,27)(H2,22,24,25). The fraction of sp³-hybridized carbons (Fsp3) is 0.400. The van der Waals surface area contributed by atoms with E-state index in [1.54, 1.807) is 18.2 Å². The van der Waals surface area contributed by atoms with Crippen molar-refractivity contribution in [1.29, 1.82) is 5.26 Å². The van der Waals surface area contributed by atoms with Gasteiger partial charge < -0.3 is 25.4 Å². The first kappa shape index (κ1) is 18.8. The van der Waals surface area contributed by atoms with Crippen LogP contribution in [0.1, 0.15) is 28.8 Å². The summed E-state index contributed by atoms with van der Waals surface area (Å²) in [6, 6.07) is 7.32. The Morgan fingerprint density at radius 3 is 2.86 bits per heavy atom. The molecule has 9 heteroatoms. The molecule has 2 aromatic rings. The third-order valence-corrected chi connectivity index (χ3v) is 5.19. The minimum Gasteiger partial charge on any atom is -0.486 e. The Kier molecular flexibility index (Phi) is 5.33. The van der Waals surface area contributed by atoms with Gasteiger partial charge >= 0.3 is 0 Å². The number of nitriles is 1. The van der Waals surface area contributed by atoms with Gasteiger partial charge in [-0.1, -0.05) is 6.07 Å². The Hall–Kier alpha value is -3.54. The summed E-state index contributed by atoms with van der Waals surface area (Å²) in [6.45, 7) is 3.06. The summed E-state index contributed by atoms with van der Waals surface area (Å²) in [4.78, 5) is 23.1. The fourth-order valence-corrected chi connectivity index (χ4v) is 3.55. The van der Waals surface area contributed by atoms with Crippen LogP contribution < -0.4 is 25.4 Å². The van der Waals surface area contributed by atoms with Gasteiger partial charge in [0.1, 0.15) is 30.7 Å². The number of aromatic nitrogens is 2. The lowest BCUT2D eigenvalue weighted by Gasteiger charge is -2.32. The Bertz CT molecular complexity index is 950. The highest BCUT2D eigenvalue weighted by atomic mass is 16.6. The molecule has 0 bridgehead atoms. The van der Waals surface area contributed by atoms with Crippen LogP contribution in [0.3, 0.4) is 0 Å². The van der Waals surface area contributed by atoms with Crippen molar-refractivity contribution in [3.8, 4) is 17.6 Å². The SMILES string of the molecule is N#Cc1cnc(N2CCC(CNC(=O)c3cccc4c3OCCO4)CC2)nc1N. The molecule has 150 valence electrons. The number of benzene rings is 1. The maximum absolute atomic E-state index is 12.6. The van der Waals surface area contributed by atoms with Crippen LogP contribution in [-0.4, -0.2) is 48.7 Å². The smallest absolute Gasteiger partial charge is 0.255 e. The Morgan fingerprint density at radius 2 is 2.10 bits per heavy atom. The molecule has 9 nitrogen and oxygen atoms in total. The lowest BCUT2D eigenvalue weighted by atomic mass is 9.97. The number of hydrogen-bond acceptors (Lipinski definition) is 8. The van der Waals surface area contributed by atoms with Gasteiger partial charge in [-0.05, 0) is 30.9 Å². The first-order chi connectivity index (χ1) is 14.2. The molecular weight excluding hydrogens is 372 g/mol. The second-order valence-electron chi connectivity index (χ2n) is 7.05. The molecule has 0 radical (unpaired) electrons. The molecule has 2 aliphatic rings. The van der Waals surface area contributed by atoms with Crippen molar-refractivity contribution in [1.82, 2.24) is 15.3 Å². The molecule has 0 spiro atoms. The largest absolute Gasteiger partial charge is 0.486 e. The van der Waals surface area contributed by atoms with Gasteiger partial charge in [0.05, 0.1) is 11.8 Å². The number of nitrogens with zero attached hydrogens (tertiary/aromatic N) is 4. The molecular formula is C20H22N6O3. The van der Waals surface area contributed by atoms with Crippen LogP contribution in [0.15, 0.2) is 24.4 Å². The molecule has 1 fully saturated rings. The maximum Gasteiger partial charge on any atom is 0.255 e. The normalized spacial score (nSPS) is 16.2. The summed E-state index contributed by atoms with van der Waals surface area (Å²) in [7, 11) is 0. The highest BCUT2D eigenvalue weighted by Crippen LogP contribution is 2.33. The predicted molar refractivity (Wildman–Crippen MR) is 106 cm³/mol. The minimum absolute atomic E-state index is 0.155. The van der Waals surface area contributed by atoms with Gasteiger partial charge in [0.15, 0.2) is 11.5 Å². The maximum atomic E-state index is 12.6. The van der Waals surface area contributed by atoms with E-state index < -0.39 is 0 Å². The van der Waals surface area contributed by atoms with Crippen LogP contribution in [0.25, 0.3) is 0 Å². The Balaban J connectivity index is 1.31. The second kappa shape index (κ2) is 8.22. The summed E-state index contributed by atoms with van der Waals surface area (Å²) in [5.74, 6) is 2.07. The van der Waals surface area contributed by atoms with E-state index in [0.29, 0.717) is 48.7 Å². The highest BCUT2D eigenvalue weighted by molar-refractivity contribution is 5.97. The molecule has 0 atom stereocenters. The number of nitrogens with two attached hydrogens (primary N) is 1. The van der Waals surface area contributed by atoms with Gasteiger partial charge in [-0.3, -0.25) is 4.79 Å². The zero-order chi connectivity index (χ0) is 20.2. The molecule has 0 unspecified atom stereocenters. The number of hydrogen-bond donors (Lipinski definition) is 2. The van der Waals surface area contributed by atoms with Crippen molar-refractivity contribution in [2.24, 2.45) is 5.92 Å². The average molecular weight is 394 g/mol. The molecule has 0 saturated carbocycles. The number of rotatable bonds is 4. The van der Waals surface area contributed by atoms with Crippen molar-refractivity contribution in [3.63, 3.8) is 0 Å². The molecule has 1 aromatic carbocycles. The van der Waals surface area contributed by atoms with Crippen LogP contribution >= 0.6 is 0 Å². The molecule has 0 aliphatic carbocycles. The topological polar surface area (TPSA) is 126 Å². The van der Waals surface area contributed by atoms with Crippen molar-refractivity contribution >= 4 is 17.7 Å². The number of para-hydroxylation sites is 1. The number of nitrogen functional groups attached to an aromatic ring is 1. The van der Waals surface area contributed by atoms with Gasteiger partial charge in [-0.2, -0.15) is 10.2 Å². The summed E-state index contributed by atoms with van der Waals surface area (Å²) in [6.07, 6.45) is 3.25. The van der Waals surface area contributed by atoms with E-state index in [1.807, 2.05) is 6.07 Å². The number of carbonyl (C=O) groups is 1. The summed E-state index contributed by atoms with van der Waals surface area (Å²) in [5.41, 5.74) is 6.57. The van der Waals surface area contributed by atoms with Crippen LogP contribution in [-0.2, 0) is 0 Å². The third-order valence-electron chi connectivity index (χ3n) is 5.19. The summed E-state index contributed by atoms with van der Waals surface area (Å²) < 4.78 is 11.2. The van der Waals surface area contributed by atoms with Crippen LogP contribution in [0.2, 0.25) is 0 Å². The molecule has 2 aliphatic heterocycles. The molecule has 4 rings (SSSR count). The van der Waals surface area contributed by atoms with E-state index in [-0.39, 0.29) is 17.3 Å². The van der Waals surface area contributed by atoms with E-state index in [2.05, 4.69) is 20.2 Å². The third kappa shape index (κ3) is 4.01. The lowest BCUT2D eigenvalue weighted by Crippen LogP contribution is -2.39. The second-order valence-corrected chi connectivity index (χ2v) is 7.05. The van der Waals surface area contributed by atoms with Gasteiger partial charge in [-0.25, -0.2) is 4.98 Å². The molecule has 1 aromatic heterocycles. The van der Waals surface area contributed by atoms with Crippen LogP contribution in [0.4, 0.5) is 11.8 Å². The van der Waals surface area contributed by atoms with E-state index in [9.17, 15) is 4.79 Å². The van der Waals surface area contributed by atoms with Gasteiger partial charge in [0.25, 0.3) is 5.91 Å². The summed E-state index contributed by atoms with van der Waals surface area (Å²) in [5, 5.41) is 12.0. The van der Waals surface area contributed by atoms with Gasteiger partial charge in [0, 0.05) is 19.6 Å². The number of fused-ring (bicyclic) bond motifs is 1. The zero-order valence-corrected chi connectivity index (χ0v) is 15.9. The number of carbonyl (C=O) groups excluding carboxylic acids is 1. The molecule has 29 heavy (non-hydrogen) atoms. The van der Waals surface area contributed by atoms with E-state index in [4.69, 9.17) is 20.5 Å². The fourth-order valence-electron chi connectivity index (χ4n) is 3.55. The Morgan fingerprint density at radius 1 is 1.31 bits per heavy atom. The van der Waals surface area contributed by atoms with E-state index >= 15 is 0 Å². The number of amides is 1. The monoisotopic (exact) mass is 394 g/mol. The quantitative estimate of drug-likeness (QED) is 0.796. The zero-order valence-electron chi connectivity index (χ0n) is 15.9. The van der Waals surface area contributed by atoms with Crippen molar-refractivity contribution in [2.75, 3.05) is 43.5 Å². The summed E-state index contributed by atoms with van der Waals surface area (Å²) >= 11 is 0. The molecule has 3 heterocycles. The lowest BCUT2D eigenvalue weighted by molar-refractivity contribution is 0.0934. The molecule has 1 saturated heterocycles. The number of nitrogens with one attached hydrogen (secondary N) is 1. The highest BCUT2D eigenvalue weighted by Gasteiger charge is 2.24. The number of anilines is 2. The Labute approximate surface area is 168 Å². The molecule has 3 N–H and O–H groups in total. The minimum atomic E-state index is -0.155. The van der Waals surface area contributed by atoms with Gasteiger partial charge in [-0.15, -0.1) is 0 Å². The van der Waals surface area contributed by atoms with Gasteiger partial charge in [0.2, 0.25) is 5.95 Å². The average Bonchev–Trinajstić information content (AvgIpc) is 2.77. The van der Waals surface area contributed by atoms with E-state index in [1.165, 1.54) is 6.20 Å². The number of piperidine rings is 1. The van der Waals surface area contributed by atoms with E-state index in [0.717, 1.165) is 25.9 Å². The number of ether oxygens (including phenoxy) is 2. The first-order valence-electron chi connectivity index (χ1n) is 9.60. The van der Waals surface area contributed by atoms with Crippen molar-refractivity contribution < 1.29 is 14.3 Å².